The first-order valence-electron chi connectivity index (χ1n) is 8.98. The van der Waals surface area contributed by atoms with Crippen LogP contribution in [0.1, 0.15) is 26.3 Å². The molecule has 0 fully saturated rings. The second kappa shape index (κ2) is 8.57. The highest BCUT2D eigenvalue weighted by Crippen LogP contribution is 2.24. The fraction of sp³-hybridized carbons (Fsp3) is 0.238. The first-order chi connectivity index (χ1) is 13.7. The Balaban J connectivity index is 1.64. The quantitative estimate of drug-likeness (QED) is 0.619. The van der Waals surface area contributed by atoms with Crippen LogP contribution < -0.4 is 10.9 Å². The number of halogens is 1. The number of hydrogen-bond acceptors (Lipinski definition) is 5. The van der Waals surface area contributed by atoms with E-state index in [4.69, 9.17) is 0 Å². The van der Waals surface area contributed by atoms with Crippen molar-refractivity contribution in [3.05, 3.63) is 70.3 Å². The lowest BCUT2D eigenvalue weighted by atomic mass is 9.86. The largest absolute Gasteiger partial charge is 0.325 e. The van der Waals surface area contributed by atoms with Gasteiger partial charge < -0.3 is 5.32 Å². The maximum Gasteiger partial charge on any atom is 0.278 e. The predicted octanol–water partition coefficient (Wildman–Crippen LogP) is 4.00. The number of amides is 1. The van der Waals surface area contributed by atoms with Crippen LogP contribution in [0.3, 0.4) is 0 Å². The number of benzene rings is 2. The van der Waals surface area contributed by atoms with Gasteiger partial charge in [-0.3, -0.25) is 14.6 Å². The number of carbonyl (C=O) groups excluding carboxylic acids is 1. The zero-order valence-corrected chi connectivity index (χ0v) is 17.1. The van der Waals surface area contributed by atoms with E-state index in [1.54, 1.807) is 0 Å². The molecule has 2 aromatic carbocycles. The molecular formula is C21H21FN4O2S. The number of anilines is 1. The van der Waals surface area contributed by atoms with Crippen molar-refractivity contribution < 1.29 is 9.18 Å². The lowest BCUT2D eigenvalue weighted by Crippen LogP contribution is -2.17. The topological polar surface area (TPSA) is 87.7 Å². The molecule has 2 N–H and O–H groups in total. The molecular weight excluding hydrogens is 391 g/mol. The number of H-pyrrole nitrogens is 1. The Labute approximate surface area is 172 Å². The van der Waals surface area contributed by atoms with Crippen molar-refractivity contribution in [3.63, 3.8) is 0 Å². The van der Waals surface area contributed by atoms with Gasteiger partial charge in [-0.25, -0.2) is 4.39 Å². The fourth-order valence-electron chi connectivity index (χ4n) is 2.57. The van der Waals surface area contributed by atoms with Gasteiger partial charge in [0.1, 0.15) is 5.82 Å². The van der Waals surface area contributed by atoms with Crippen LogP contribution in [0.4, 0.5) is 10.1 Å². The van der Waals surface area contributed by atoms with Crippen LogP contribution in [0.15, 0.2) is 58.5 Å². The maximum atomic E-state index is 12.9. The summed E-state index contributed by atoms with van der Waals surface area (Å²) in [5.74, 6) is -0.647. The molecule has 1 amide bonds. The molecule has 1 aromatic heterocycles. The zero-order chi connectivity index (χ0) is 21.0. The van der Waals surface area contributed by atoms with E-state index in [0.717, 1.165) is 17.3 Å². The summed E-state index contributed by atoms with van der Waals surface area (Å²) in [5, 5.41) is 10.9. The van der Waals surface area contributed by atoms with Gasteiger partial charge in [0, 0.05) is 11.3 Å². The molecule has 1 heterocycles. The van der Waals surface area contributed by atoms with E-state index in [1.165, 1.54) is 24.3 Å². The first kappa shape index (κ1) is 20.7. The van der Waals surface area contributed by atoms with E-state index >= 15 is 0 Å². The fourth-order valence-corrected chi connectivity index (χ4v) is 3.17. The molecule has 3 rings (SSSR count). The predicted molar refractivity (Wildman–Crippen MR) is 113 cm³/mol. The van der Waals surface area contributed by atoms with Crippen LogP contribution in [-0.2, 0) is 10.2 Å². The lowest BCUT2D eigenvalue weighted by Gasteiger charge is -2.18. The van der Waals surface area contributed by atoms with Gasteiger partial charge in [-0.05, 0) is 35.2 Å². The average molecular weight is 412 g/mol. The molecule has 6 nitrogen and oxygen atoms in total. The highest BCUT2D eigenvalue weighted by molar-refractivity contribution is 7.99. The van der Waals surface area contributed by atoms with Gasteiger partial charge in [0.2, 0.25) is 5.91 Å². The minimum Gasteiger partial charge on any atom is -0.325 e. The van der Waals surface area contributed by atoms with Crippen molar-refractivity contribution in [2.45, 2.75) is 31.3 Å². The van der Waals surface area contributed by atoms with E-state index in [0.29, 0.717) is 11.3 Å². The van der Waals surface area contributed by atoms with Crippen LogP contribution in [0.5, 0.6) is 0 Å². The smallest absolute Gasteiger partial charge is 0.278 e. The molecule has 0 atom stereocenters. The molecule has 0 aliphatic rings. The van der Waals surface area contributed by atoms with E-state index in [9.17, 15) is 14.0 Å². The van der Waals surface area contributed by atoms with E-state index in [1.807, 2.05) is 24.3 Å². The van der Waals surface area contributed by atoms with E-state index in [2.05, 4.69) is 41.3 Å². The molecule has 0 saturated heterocycles. The summed E-state index contributed by atoms with van der Waals surface area (Å²) in [6.45, 7) is 6.35. The third kappa shape index (κ3) is 5.51. The summed E-state index contributed by atoms with van der Waals surface area (Å²) in [7, 11) is 0. The summed E-state index contributed by atoms with van der Waals surface area (Å²) in [5.41, 5.74) is 2.20. The van der Waals surface area contributed by atoms with Crippen molar-refractivity contribution in [1.82, 2.24) is 15.2 Å². The third-order valence-electron chi connectivity index (χ3n) is 4.17. The Morgan fingerprint density at radius 1 is 1.07 bits per heavy atom. The minimum absolute atomic E-state index is 0.0195. The Bertz CT molecular complexity index is 1060. The van der Waals surface area contributed by atoms with Gasteiger partial charge >= 0.3 is 0 Å². The molecule has 0 bridgehead atoms. The van der Waals surface area contributed by atoms with Crippen molar-refractivity contribution in [3.8, 4) is 11.3 Å². The van der Waals surface area contributed by atoms with Crippen LogP contribution in [-0.4, -0.2) is 26.8 Å². The van der Waals surface area contributed by atoms with Gasteiger partial charge in [0.25, 0.3) is 5.56 Å². The monoisotopic (exact) mass is 412 g/mol. The zero-order valence-electron chi connectivity index (χ0n) is 16.3. The van der Waals surface area contributed by atoms with Crippen molar-refractivity contribution in [2.24, 2.45) is 0 Å². The second-order valence-corrected chi connectivity index (χ2v) is 8.44. The van der Waals surface area contributed by atoms with Gasteiger partial charge in [0.05, 0.1) is 5.75 Å². The summed E-state index contributed by atoms with van der Waals surface area (Å²) < 4.78 is 12.9. The van der Waals surface area contributed by atoms with Crippen molar-refractivity contribution >= 4 is 23.4 Å². The van der Waals surface area contributed by atoms with Gasteiger partial charge in [-0.1, -0.05) is 56.8 Å². The number of hydrogen-bond donors (Lipinski definition) is 2. The standard InChI is InChI=1S/C21H21FN4O2S/c1-21(2,3)14-6-4-13(5-7-14)18-19(28)24-20(26-25-18)29-12-17(27)23-16-10-8-15(22)9-11-16/h4-11H,12H2,1-3H3,(H,23,27)(H,24,26,28). The Kier molecular flexibility index (Phi) is 6.12. The highest BCUT2D eigenvalue weighted by Gasteiger charge is 2.15. The van der Waals surface area contributed by atoms with Crippen LogP contribution in [0.25, 0.3) is 11.3 Å². The molecule has 0 aliphatic carbocycles. The first-order valence-corrected chi connectivity index (χ1v) is 9.97. The van der Waals surface area contributed by atoms with Crippen molar-refractivity contribution in [2.75, 3.05) is 11.1 Å². The second-order valence-electron chi connectivity index (χ2n) is 7.48. The molecule has 0 aliphatic heterocycles. The third-order valence-corrected chi connectivity index (χ3v) is 5.03. The molecule has 0 unspecified atom stereocenters. The van der Waals surface area contributed by atoms with E-state index < -0.39 is 0 Å². The number of aromatic nitrogens is 3. The molecule has 0 saturated carbocycles. The van der Waals surface area contributed by atoms with Crippen LogP contribution >= 0.6 is 11.8 Å². The maximum absolute atomic E-state index is 12.9. The Morgan fingerprint density at radius 3 is 2.31 bits per heavy atom. The molecule has 3 aromatic rings. The van der Waals surface area contributed by atoms with Crippen LogP contribution in [0.2, 0.25) is 0 Å². The summed E-state index contributed by atoms with van der Waals surface area (Å²) in [6, 6.07) is 13.1. The Morgan fingerprint density at radius 2 is 1.72 bits per heavy atom. The molecule has 150 valence electrons. The summed E-state index contributed by atoms with van der Waals surface area (Å²) in [4.78, 5) is 27.0. The number of rotatable bonds is 5. The highest BCUT2D eigenvalue weighted by atomic mass is 32.2. The average Bonchev–Trinajstić information content (AvgIpc) is 2.68. The van der Waals surface area contributed by atoms with Crippen LogP contribution in [0, 0.1) is 5.82 Å². The number of carbonyl (C=O) groups is 1. The molecule has 0 spiro atoms. The number of nitrogens with one attached hydrogen (secondary N) is 2. The van der Waals surface area contributed by atoms with Gasteiger partial charge in [0.15, 0.2) is 10.9 Å². The summed E-state index contributed by atoms with van der Waals surface area (Å²) >= 11 is 1.06. The molecule has 0 radical (unpaired) electrons. The minimum atomic E-state index is -0.377. The SMILES string of the molecule is CC(C)(C)c1ccc(-c2nnc(SCC(=O)Nc3ccc(F)cc3)[nH]c2=O)cc1. The molecule has 29 heavy (non-hydrogen) atoms. The number of aromatic amines is 1. The van der Waals surface area contributed by atoms with Gasteiger partial charge in [-0.15, -0.1) is 10.2 Å². The Hall–Kier alpha value is -3.00. The molecule has 8 heteroatoms. The van der Waals surface area contributed by atoms with E-state index in [-0.39, 0.29) is 39.3 Å². The normalized spacial score (nSPS) is 11.3. The number of thioether (sulfide) groups is 1. The van der Waals surface area contributed by atoms with Crippen molar-refractivity contribution in [1.29, 1.82) is 0 Å². The lowest BCUT2D eigenvalue weighted by molar-refractivity contribution is -0.113. The number of nitrogens with zero attached hydrogens (tertiary/aromatic N) is 2. The summed E-state index contributed by atoms with van der Waals surface area (Å²) in [6.07, 6.45) is 0. The van der Waals surface area contributed by atoms with Gasteiger partial charge in [-0.2, -0.15) is 0 Å².